The monoisotopic (exact) mass is 606 g/mol. The average Bonchev–Trinajstić information content (AvgIpc) is 2.81. The second-order valence-corrected chi connectivity index (χ2v) is 14.4. The van der Waals surface area contributed by atoms with Crippen molar-refractivity contribution in [2.45, 2.75) is 45.2 Å². The Morgan fingerprint density at radius 2 is 1.29 bits per heavy atom. The third kappa shape index (κ3) is 7.92. The molecule has 0 saturated heterocycles. The van der Waals surface area contributed by atoms with Gasteiger partial charge in [0, 0.05) is 21.8 Å². The first-order chi connectivity index (χ1) is 17.4. The third-order valence-corrected chi connectivity index (χ3v) is 9.41. The van der Waals surface area contributed by atoms with Crippen molar-refractivity contribution in [1.29, 1.82) is 0 Å². The van der Waals surface area contributed by atoms with Gasteiger partial charge in [-0.15, -0.1) is 11.6 Å². The number of hydrogen-bond donors (Lipinski definition) is 0. The van der Waals surface area contributed by atoms with Crippen molar-refractivity contribution in [2.75, 3.05) is 0 Å². The summed E-state index contributed by atoms with van der Waals surface area (Å²) >= 11 is 7.88. The first kappa shape index (κ1) is 28.8. The molecule has 3 aromatic carbocycles. The van der Waals surface area contributed by atoms with Crippen LogP contribution >= 0.6 is 31.2 Å². The summed E-state index contributed by atoms with van der Waals surface area (Å²) in [6, 6.07) is 24.4. The van der Waals surface area contributed by atoms with Gasteiger partial charge in [0.05, 0.1) is 10.9 Å². The number of ketones is 1. The van der Waals surface area contributed by atoms with Gasteiger partial charge in [0.15, 0.2) is 20.5 Å². The maximum absolute atomic E-state index is 12.6. The van der Waals surface area contributed by atoms with Gasteiger partial charge in [0.1, 0.15) is 5.38 Å². The molecular formula is C27H22ClF6OPS2. The Kier molecular flexibility index (Phi) is 7.41. The molecule has 0 aromatic heterocycles. The molecule has 0 bridgehead atoms. The number of allylic oxidation sites excluding steroid dienone is 3. The quantitative estimate of drug-likeness (QED) is 0.128. The Balaban J connectivity index is 0.000000426. The number of halogens is 7. The molecule has 0 spiro atoms. The van der Waals surface area contributed by atoms with Crippen LogP contribution < -0.4 is 0 Å². The SMILES string of the molecule is Cc1ccc([S+](c2ccc(C)cc2)c2ccc3c(c2)CC2=C(C=CC(Cl)C2=O)S3)cc1.F[P-](F)(F)(F)(F)F. The molecule has 1 atom stereocenters. The number of thioether (sulfide) groups is 1. The minimum atomic E-state index is -10.7. The van der Waals surface area contributed by atoms with Gasteiger partial charge in [-0.25, -0.2) is 0 Å². The predicted molar refractivity (Wildman–Crippen MR) is 145 cm³/mol. The van der Waals surface area contributed by atoms with Crippen molar-refractivity contribution in [1.82, 2.24) is 0 Å². The summed E-state index contributed by atoms with van der Waals surface area (Å²) in [7, 11) is -10.9. The third-order valence-electron chi connectivity index (χ3n) is 5.63. The van der Waals surface area contributed by atoms with E-state index in [2.05, 4.69) is 80.6 Å². The molecule has 1 heterocycles. The molecule has 0 N–H and O–H groups in total. The van der Waals surface area contributed by atoms with Gasteiger partial charge in [-0.3, -0.25) is 4.79 Å². The van der Waals surface area contributed by atoms with Crippen LogP contribution in [0.4, 0.5) is 25.2 Å². The zero-order valence-corrected chi connectivity index (χ0v) is 23.4. The van der Waals surface area contributed by atoms with Crippen molar-refractivity contribution in [3.8, 4) is 0 Å². The maximum atomic E-state index is 12.6. The Morgan fingerprint density at radius 1 is 0.816 bits per heavy atom. The van der Waals surface area contributed by atoms with Crippen LogP contribution in [-0.4, -0.2) is 11.2 Å². The summed E-state index contributed by atoms with van der Waals surface area (Å²) < 4.78 is 59.2. The number of rotatable bonds is 3. The summed E-state index contributed by atoms with van der Waals surface area (Å²) in [5, 5.41) is -0.543. The molecule has 1 aliphatic heterocycles. The van der Waals surface area contributed by atoms with Crippen molar-refractivity contribution in [3.05, 3.63) is 106 Å². The van der Waals surface area contributed by atoms with E-state index in [1.807, 2.05) is 6.08 Å². The molecule has 0 radical (unpaired) electrons. The van der Waals surface area contributed by atoms with Crippen LogP contribution in [0.2, 0.25) is 0 Å². The molecule has 0 saturated carbocycles. The molecule has 2 aliphatic rings. The van der Waals surface area contributed by atoms with Gasteiger partial charge >= 0.3 is 33.0 Å². The summed E-state index contributed by atoms with van der Waals surface area (Å²) in [5.41, 5.74) is 4.59. The van der Waals surface area contributed by atoms with Crippen LogP contribution in [0.25, 0.3) is 0 Å². The topological polar surface area (TPSA) is 17.1 Å². The van der Waals surface area contributed by atoms with E-state index in [4.69, 9.17) is 11.6 Å². The Bertz CT molecular complexity index is 1390. The fraction of sp³-hybridized carbons (Fsp3) is 0.148. The number of carbonyl (C=O) groups excluding carboxylic acids is 1. The zero-order valence-electron chi connectivity index (χ0n) is 20.1. The fourth-order valence-electron chi connectivity index (χ4n) is 3.90. The van der Waals surface area contributed by atoms with E-state index in [9.17, 15) is 30.0 Å². The fourth-order valence-corrected chi connectivity index (χ4v) is 7.28. The van der Waals surface area contributed by atoms with Gasteiger partial charge in [-0.2, -0.15) is 0 Å². The van der Waals surface area contributed by atoms with Gasteiger partial charge in [-0.1, -0.05) is 53.2 Å². The van der Waals surface area contributed by atoms with Gasteiger partial charge in [0.2, 0.25) is 0 Å². The van der Waals surface area contributed by atoms with E-state index in [0.29, 0.717) is 6.42 Å². The van der Waals surface area contributed by atoms with Crippen molar-refractivity contribution in [3.63, 3.8) is 0 Å². The second-order valence-electron chi connectivity index (χ2n) is 8.91. The van der Waals surface area contributed by atoms with Crippen LogP contribution in [0, 0.1) is 13.8 Å². The Hall–Kier alpha value is -2.19. The van der Waals surface area contributed by atoms with Crippen LogP contribution in [0.3, 0.4) is 0 Å². The first-order valence-corrected chi connectivity index (χ1v) is 15.8. The summed E-state index contributed by atoms with van der Waals surface area (Å²) in [5.74, 6) is 0.0405. The number of fused-ring (bicyclic) bond motifs is 1. The van der Waals surface area contributed by atoms with Crippen LogP contribution in [0.15, 0.2) is 109 Å². The number of aryl methyl sites for hydroxylation is 2. The van der Waals surface area contributed by atoms with Gasteiger partial charge < -0.3 is 0 Å². The average molecular weight is 607 g/mol. The number of benzene rings is 3. The Labute approximate surface area is 228 Å². The van der Waals surface area contributed by atoms with Crippen LogP contribution in [0.1, 0.15) is 16.7 Å². The number of hydrogen-bond acceptors (Lipinski definition) is 2. The predicted octanol–water partition coefficient (Wildman–Crippen LogP) is 10.4. The van der Waals surface area contributed by atoms with E-state index in [0.717, 1.165) is 10.5 Å². The molecule has 38 heavy (non-hydrogen) atoms. The molecule has 5 rings (SSSR count). The molecule has 202 valence electrons. The van der Waals surface area contributed by atoms with Gasteiger partial charge in [0.25, 0.3) is 0 Å². The summed E-state index contributed by atoms with van der Waals surface area (Å²) in [6.45, 7) is 4.24. The number of alkyl halides is 1. The molecule has 0 fully saturated rings. The zero-order chi connectivity index (χ0) is 27.9. The minimum absolute atomic E-state index is 0.0405. The second kappa shape index (κ2) is 9.77. The van der Waals surface area contributed by atoms with E-state index >= 15 is 0 Å². The molecule has 3 aromatic rings. The van der Waals surface area contributed by atoms with Crippen molar-refractivity contribution >= 4 is 47.8 Å². The summed E-state index contributed by atoms with van der Waals surface area (Å²) in [6.07, 6.45) is 4.44. The van der Waals surface area contributed by atoms with Crippen molar-refractivity contribution < 1.29 is 30.0 Å². The normalized spacial score (nSPS) is 18.7. The molecule has 11 heteroatoms. The molecule has 0 amide bonds. The van der Waals surface area contributed by atoms with E-state index < -0.39 is 13.2 Å². The van der Waals surface area contributed by atoms with Crippen molar-refractivity contribution in [2.24, 2.45) is 0 Å². The van der Waals surface area contributed by atoms with E-state index in [-0.39, 0.29) is 16.7 Å². The van der Waals surface area contributed by atoms with E-state index in [1.54, 1.807) is 17.8 Å². The van der Waals surface area contributed by atoms with Crippen LogP contribution in [0.5, 0.6) is 0 Å². The first-order valence-electron chi connectivity index (χ1n) is 11.3. The molecular weight excluding hydrogens is 585 g/mol. The molecule has 1 nitrogen and oxygen atoms in total. The standard InChI is InChI=1S/C27H22ClOS2.F6P/c1-17-3-7-20(8-4-17)31(21-9-5-18(2)6-10-21)22-11-13-25-19(15-22)16-23-26(30-25)14-12-24(28)27(23)29;1-7(2,3,4,5)6/h3-15,24H,16H2,1-2H3;/q+1;-1. The van der Waals surface area contributed by atoms with Gasteiger partial charge in [-0.05, 0) is 68.0 Å². The Morgan fingerprint density at radius 3 is 1.79 bits per heavy atom. The molecule has 1 unspecified atom stereocenters. The molecule has 1 aliphatic carbocycles. The number of carbonyl (C=O) groups is 1. The van der Waals surface area contributed by atoms with E-state index in [1.165, 1.54) is 36.3 Å². The van der Waals surface area contributed by atoms with Crippen LogP contribution in [-0.2, 0) is 22.1 Å². The number of Topliss-reactive ketones (excluding diaryl/α,β-unsaturated/α-hetero) is 1. The summed E-state index contributed by atoms with van der Waals surface area (Å²) in [4.78, 5) is 18.8.